The number of hydrogen-bond acceptors (Lipinski definition) is 4. The maximum absolute atomic E-state index is 11.5. The molecule has 1 aromatic heterocycles. The van der Waals surface area contributed by atoms with E-state index < -0.39 is 11.9 Å². The van der Waals surface area contributed by atoms with Gasteiger partial charge in [0.1, 0.15) is 11.2 Å². The Labute approximate surface area is 145 Å². The number of carboxylic acid groups (broad SMARTS) is 1. The fourth-order valence-corrected chi connectivity index (χ4v) is 3.20. The van der Waals surface area contributed by atoms with Gasteiger partial charge in [-0.3, -0.25) is 4.79 Å². The maximum Gasteiger partial charge on any atom is 0.306 e. The van der Waals surface area contributed by atoms with Crippen LogP contribution in [0.4, 0.5) is 0 Å². The number of carboxylic acids is 1. The smallest absolute Gasteiger partial charge is 0.306 e. The number of hydrogen-bond donors (Lipinski definition) is 2. The lowest BCUT2D eigenvalue weighted by Crippen LogP contribution is -2.20. The molecule has 1 heterocycles. The van der Waals surface area contributed by atoms with Crippen LogP contribution in [0.1, 0.15) is 32.3 Å². The molecule has 5 nitrogen and oxygen atoms in total. The molecule has 1 atom stereocenters. The average molecular weight is 339 g/mol. The van der Waals surface area contributed by atoms with E-state index in [1.807, 2.05) is 50.2 Å². The van der Waals surface area contributed by atoms with Crippen LogP contribution in [-0.2, 0) is 4.79 Å². The zero-order valence-corrected chi connectivity index (χ0v) is 14.3. The van der Waals surface area contributed by atoms with Crippen molar-refractivity contribution in [2.45, 2.75) is 26.7 Å². The lowest BCUT2D eigenvalue weighted by molar-refractivity contribution is -0.142. The van der Waals surface area contributed by atoms with Gasteiger partial charge in [0.25, 0.3) is 0 Å². The molecule has 0 saturated heterocycles. The highest BCUT2D eigenvalue weighted by Gasteiger charge is 2.23. The van der Waals surface area contributed by atoms with Gasteiger partial charge in [-0.1, -0.05) is 37.2 Å². The molecular formula is C20H21NO4. The molecule has 0 aliphatic rings. The molecule has 0 fully saturated rings. The van der Waals surface area contributed by atoms with Crippen LogP contribution >= 0.6 is 0 Å². The van der Waals surface area contributed by atoms with Crippen molar-refractivity contribution >= 4 is 33.6 Å². The van der Waals surface area contributed by atoms with Gasteiger partial charge in [0.05, 0.1) is 11.6 Å². The van der Waals surface area contributed by atoms with Gasteiger partial charge in [-0.2, -0.15) is 0 Å². The number of nitrogens with zero attached hydrogens (tertiary/aromatic N) is 1. The van der Waals surface area contributed by atoms with Crippen molar-refractivity contribution in [2.24, 2.45) is 17.0 Å². The summed E-state index contributed by atoms with van der Waals surface area (Å²) in [6.45, 7) is 3.96. The lowest BCUT2D eigenvalue weighted by Gasteiger charge is -2.15. The van der Waals surface area contributed by atoms with E-state index in [4.69, 9.17) is 4.42 Å². The van der Waals surface area contributed by atoms with Crippen LogP contribution in [0.3, 0.4) is 0 Å². The van der Waals surface area contributed by atoms with Crippen LogP contribution in [0.25, 0.3) is 21.9 Å². The number of furan rings is 1. The van der Waals surface area contributed by atoms with Gasteiger partial charge in [-0.15, -0.1) is 0 Å². The van der Waals surface area contributed by atoms with Crippen LogP contribution in [0.5, 0.6) is 0 Å². The van der Waals surface area contributed by atoms with Gasteiger partial charge in [0.2, 0.25) is 0 Å². The van der Waals surface area contributed by atoms with Gasteiger partial charge in [-0.25, -0.2) is 0 Å². The second kappa shape index (κ2) is 6.97. The zero-order chi connectivity index (χ0) is 18.0. The summed E-state index contributed by atoms with van der Waals surface area (Å²) in [5.74, 6) is -1.20. The van der Waals surface area contributed by atoms with Crippen molar-refractivity contribution in [1.82, 2.24) is 0 Å². The van der Waals surface area contributed by atoms with Gasteiger partial charge >= 0.3 is 5.97 Å². The summed E-state index contributed by atoms with van der Waals surface area (Å²) in [5.41, 5.74) is 2.62. The van der Waals surface area contributed by atoms with Gasteiger partial charge in [-0.05, 0) is 36.6 Å². The predicted octanol–water partition coefficient (Wildman–Crippen LogP) is 4.90. The predicted molar refractivity (Wildman–Crippen MR) is 97.2 cm³/mol. The Bertz CT molecular complexity index is 939. The molecule has 3 aromatic rings. The number of fused-ring (bicyclic) bond motifs is 3. The molecule has 130 valence electrons. The summed E-state index contributed by atoms with van der Waals surface area (Å²) in [6, 6.07) is 13.2. The summed E-state index contributed by atoms with van der Waals surface area (Å²) in [5, 5.41) is 24.2. The highest BCUT2D eigenvalue weighted by Crippen LogP contribution is 2.30. The molecule has 2 aromatic carbocycles. The average Bonchev–Trinajstić information content (AvgIpc) is 2.96. The molecule has 2 N–H and O–H groups in total. The van der Waals surface area contributed by atoms with Crippen LogP contribution < -0.4 is 0 Å². The summed E-state index contributed by atoms with van der Waals surface area (Å²) in [7, 11) is 0. The first-order valence-corrected chi connectivity index (χ1v) is 8.35. The summed E-state index contributed by atoms with van der Waals surface area (Å²) >= 11 is 0. The molecule has 0 radical (unpaired) electrons. The molecule has 25 heavy (non-hydrogen) atoms. The van der Waals surface area contributed by atoms with Crippen LogP contribution in [0, 0.1) is 11.8 Å². The van der Waals surface area contributed by atoms with E-state index in [1.165, 1.54) is 0 Å². The van der Waals surface area contributed by atoms with E-state index in [0.29, 0.717) is 17.7 Å². The molecule has 0 saturated carbocycles. The van der Waals surface area contributed by atoms with E-state index >= 15 is 0 Å². The molecule has 0 bridgehead atoms. The monoisotopic (exact) mass is 339 g/mol. The number of aliphatic carboxylic acids is 1. The Morgan fingerprint density at radius 2 is 1.84 bits per heavy atom. The molecule has 5 heteroatoms. The third-order valence-electron chi connectivity index (χ3n) is 4.38. The zero-order valence-electron chi connectivity index (χ0n) is 14.3. The van der Waals surface area contributed by atoms with E-state index in [2.05, 4.69) is 5.16 Å². The van der Waals surface area contributed by atoms with E-state index in [0.717, 1.165) is 21.9 Å². The van der Waals surface area contributed by atoms with E-state index in [9.17, 15) is 15.1 Å². The van der Waals surface area contributed by atoms with Gasteiger partial charge < -0.3 is 14.7 Å². The Morgan fingerprint density at radius 3 is 2.52 bits per heavy atom. The quantitative estimate of drug-likeness (QED) is 0.380. The third kappa shape index (κ3) is 3.50. The normalized spacial score (nSPS) is 13.6. The fourth-order valence-electron chi connectivity index (χ4n) is 3.20. The van der Waals surface area contributed by atoms with Crippen LogP contribution in [0.2, 0.25) is 0 Å². The standard InChI is InChI=1S/C20H21NO4/c1-12(2)9-14(20(22)23)11-17(21-24)13-7-8-19-16(10-13)15-5-3-4-6-18(15)25-19/h3-8,10,12,14,24H,9,11H2,1-2H3,(H,22,23). The topological polar surface area (TPSA) is 83.0 Å². The summed E-state index contributed by atoms with van der Waals surface area (Å²) < 4.78 is 5.80. The van der Waals surface area contributed by atoms with Gasteiger partial charge in [0.15, 0.2) is 0 Å². The number of oxime groups is 1. The molecule has 1 unspecified atom stereocenters. The van der Waals surface area contributed by atoms with Crippen molar-refractivity contribution in [1.29, 1.82) is 0 Å². The lowest BCUT2D eigenvalue weighted by atomic mass is 9.90. The first kappa shape index (κ1) is 17.0. The van der Waals surface area contributed by atoms with Gasteiger partial charge in [0, 0.05) is 22.8 Å². The SMILES string of the molecule is CC(C)CC(CC(=NO)c1ccc2oc3ccccc3c2c1)C(=O)O. The van der Waals surface area contributed by atoms with Crippen molar-refractivity contribution in [2.75, 3.05) is 0 Å². The molecular weight excluding hydrogens is 318 g/mol. The van der Waals surface area contributed by atoms with Crippen molar-refractivity contribution < 1.29 is 19.5 Å². The highest BCUT2D eigenvalue weighted by atomic mass is 16.4. The minimum Gasteiger partial charge on any atom is -0.481 e. The second-order valence-corrected chi connectivity index (χ2v) is 6.72. The first-order valence-electron chi connectivity index (χ1n) is 8.35. The number of benzene rings is 2. The van der Waals surface area contributed by atoms with E-state index in [1.54, 1.807) is 6.07 Å². The van der Waals surface area contributed by atoms with Crippen molar-refractivity contribution in [3.05, 3.63) is 48.0 Å². The maximum atomic E-state index is 11.5. The fraction of sp³-hybridized carbons (Fsp3) is 0.300. The molecule has 0 amide bonds. The minimum absolute atomic E-state index is 0.186. The molecule has 0 spiro atoms. The van der Waals surface area contributed by atoms with Crippen LogP contribution in [0.15, 0.2) is 52.0 Å². The summed E-state index contributed by atoms with van der Waals surface area (Å²) in [4.78, 5) is 11.5. The number of para-hydroxylation sites is 1. The van der Waals surface area contributed by atoms with Crippen molar-refractivity contribution in [3.8, 4) is 0 Å². The molecule has 0 aliphatic carbocycles. The molecule has 3 rings (SSSR count). The Balaban J connectivity index is 1.98. The largest absolute Gasteiger partial charge is 0.481 e. The van der Waals surface area contributed by atoms with Crippen LogP contribution in [-0.4, -0.2) is 22.0 Å². The van der Waals surface area contributed by atoms with E-state index in [-0.39, 0.29) is 12.3 Å². The Morgan fingerprint density at radius 1 is 1.12 bits per heavy atom. The van der Waals surface area contributed by atoms with Crippen molar-refractivity contribution in [3.63, 3.8) is 0 Å². The molecule has 0 aliphatic heterocycles. The third-order valence-corrected chi connectivity index (χ3v) is 4.38. The Kier molecular flexibility index (Phi) is 4.74. The Hall–Kier alpha value is -2.82. The second-order valence-electron chi connectivity index (χ2n) is 6.72. The minimum atomic E-state index is -0.871. The summed E-state index contributed by atoms with van der Waals surface area (Å²) in [6.07, 6.45) is 0.719. The first-order chi connectivity index (χ1) is 12.0. The number of carbonyl (C=O) groups is 1. The number of rotatable bonds is 6. The highest BCUT2D eigenvalue weighted by molar-refractivity contribution is 6.10.